The van der Waals surface area contributed by atoms with Gasteiger partial charge in [0.2, 0.25) is 0 Å². The zero-order valence-electron chi connectivity index (χ0n) is 10.5. The van der Waals surface area contributed by atoms with Crippen LogP contribution in [0.4, 0.5) is 0 Å². The Morgan fingerprint density at radius 2 is 1.89 bits per heavy atom. The molecule has 0 spiro atoms. The molecule has 1 amide bonds. The third kappa shape index (κ3) is 2.73. The molecule has 1 fully saturated rings. The lowest BCUT2D eigenvalue weighted by atomic mass is 10.1. The van der Waals surface area contributed by atoms with Crippen LogP contribution in [-0.4, -0.2) is 59.1 Å². The van der Waals surface area contributed by atoms with Crippen LogP contribution in [0.2, 0.25) is 0 Å². The standard InChI is InChI=1S/C13H18N2O3/c1-14-5-2-6-15(8-7-14)13(18)10-3-4-11(16)12(17)9-10/h3-4,9,16-17H,2,5-8H2,1H3. The molecule has 2 rings (SSSR count). The number of carbonyl (C=O) groups excluding carboxylic acids is 1. The number of phenols is 2. The minimum absolute atomic E-state index is 0.0967. The Hall–Kier alpha value is -1.75. The fourth-order valence-electron chi connectivity index (χ4n) is 2.09. The molecule has 0 aromatic heterocycles. The summed E-state index contributed by atoms with van der Waals surface area (Å²) in [5.74, 6) is -0.560. The van der Waals surface area contributed by atoms with E-state index in [9.17, 15) is 15.0 Å². The first kappa shape index (κ1) is 12.7. The van der Waals surface area contributed by atoms with Gasteiger partial charge < -0.3 is 20.0 Å². The summed E-state index contributed by atoms with van der Waals surface area (Å²) in [6.45, 7) is 3.27. The van der Waals surface area contributed by atoms with Gasteiger partial charge in [-0.15, -0.1) is 0 Å². The topological polar surface area (TPSA) is 64.0 Å². The second-order valence-corrected chi connectivity index (χ2v) is 4.65. The van der Waals surface area contributed by atoms with Gasteiger partial charge >= 0.3 is 0 Å². The quantitative estimate of drug-likeness (QED) is 0.726. The summed E-state index contributed by atoms with van der Waals surface area (Å²) in [5, 5.41) is 18.6. The molecule has 0 aliphatic carbocycles. The van der Waals surface area contributed by atoms with Gasteiger partial charge in [-0.25, -0.2) is 0 Å². The van der Waals surface area contributed by atoms with Crippen molar-refractivity contribution in [1.82, 2.24) is 9.80 Å². The van der Waals surface area contributed by atoms with Crippen LogP contribution in [0.25, 0.3) is 0 Å². The molecule has 0 saturated carbocycles. The first-order valence-electron chi connectivity index (χ1n) is 6.08. The number of nitrogens with zero attached hydrogens (tertiary/aromatic N) is 2. The number of benzene rings is 1. The van der Waals surface area contributed by atoms with E-state index in [-0.39, 0.29) is 17.4 Å². The Morgan fingerprint density at radius 1 is 1.11 bits per heavy atom. The minimum Gasteiger partial charge on any atom is -0.504 e. The second kappa shape index (κ2) is 5.27. The Labute approximate surface area is 106 Å². The van der Waals surface area contributed by atoms with Gasteiger partial charge in [0, 0.05) is 25.2 Å². The normalized spacial score (nSPS) is 17.5. The summed E-state index contributed by atoms with van der Waals surface area (Å²) in [7, 11) is 2.04. The first-order chi connectivity index (χ1) is 8.58. The molecule has 0 bridgehead atoms. The number of carbonyl (C=O) groups is 1. The number of amides is 1. The Kier molecular flexibility index (Phi) is 3.72. The van der Waals surface area contributed by atoms with Crippen molar-refractivity contribution < 1.29 is 15.0 Å². The molecule has 1 aromatic carbocycles. The Morgan fingerprint density at radius 3 is 2.61 bits per heavy atom. The highest BCUT2D eigenvalue weighted by atomic mass is 16.3. The molecule has 0 unspecified atom stereocenters. The van der Waals surface area contributed by atoms with Crippen LogP contribution in [0.1, 0.15) is 16.8 Å². The van der Waals surface area contributed by atoms with Gasteiger partial charge in [0.05, 0.1) is 0 Å². The number of likely N-dealkylation sites (N-methyl/N-ethyl adjacent to an activating group) is 1. The van der Waals surface area contributed by atoms with E-state index in [1.54, 1.807) is 4.90 Å². The monoisotopic (exact) mass is 250 g/mol. The van der Waals surface area contributed by atoms with E-state index in [1.165, 1.54) is 18.2 Å². The van der Waals surface area contributed by atoms with Crippen LogP contribution in [0.15, 0.2) is 18.2 Å². The van der Waals surface area contributed by atoms with Crippen molar-refractivity contribution in [2.75, 3.05) is 33.2 Å². The zero-order valence-corrected chi connectivity index (χ0v) is 10.5. The van der Waals surface area contributed by atoms with Gasteiger partial charge in [0.25, 0.3) is 5.91 Å². The highest BCUT2D eigenvalue weighted by Crippen LogP contribution is 2.25. The number of phenolic OH excluding ortho intramolecular Hbond substituents is 2. The van der Waals surface area contributed by atoms with Gasteiger partial charge in [0.15, 0.2) is 11.5 Å². The average molecular weight is 250 g/mol. The minimum atomic E-state index is -0.257. The molecule has 1 saturated heterocycles. The van der Waals surface area contributed by atoms with Crippen LogP contribution in [-0.2, 0) is 0 Å². The van der Waals surface area contributed by atoms with Crippen molar-refractivity contribution in [1.29, 1.82) is 0 Å². The lowest BCUT2D eigenvalue weighted by Crippen LogP contribution is -2.34. The highest BCUT2D eigenvalue weighted by Gasteiger charge is 2.19. The lowest BCUT2D eigenvalue weighted by molar-refractivity contribution is 0.0762. The van der Waals surface area contributed by atoms with E-state index in [4.69, 9.17) is 0 Å². The highest BCUT2D eigenvalue weighted by molar-refractivity contribution is 5.94. The van der Waals surface area contributed by atoms with E-state index in [0.29, 0.717) is 12.1 Å². The van der Waals surface area contributed by atoms with Crippen molar-refractivity contribution in [3.63, 3.8) is 0 Å². The third-order valence-corrected chi connectivity index (χ3v) is 3.23. The smallest absolute Gasteiger partial charge is 0.254 e. The van der Waals surface area contributed by atoms with Crippen LogP contribution < -0.4 is 0 Å². The summed E-state index contributed by atoms with van der Waals surface area (Å²) in [4.78, 5) is 16.2. The predicted octanol–water partition coefficient (Wildman–Crippen LogP) is 0.875. The van der Waals surface area contributed by atoms with Crippen LogP contribution in [0, 0.1) is 0 Å². The summed E-state index contributed by atoms with van der Waals surface area (Å²) in [6.07, 6.45) is 0.951. The van der Waals surface area contributed by atoms with Gasteiger partial charge in [-0.05, 0) is 38.2 Å². The molecule has 98 valence electrons. The number of hydrogen-bond donors (Lipinski definition) is 2. The maximum Gasteiger partial charge on any atom is 0.254 e. The number of rotatable bonds is 1. The van der Waals surface area contributed by atoms with Crippen LogP contribution in [0.3, 0.4) is 0 Å². The van der Waals surface area contributed by atoms with Gasteiger partial charge in [-0.3, -0.25) is 4.79 Å². The second-order valence-electron chi connectivity index (χ2n) is 4.65. The molecule has 0 radical (unpaired) electrons. The van der Waals surface area contributed by atoms with E-state index >= 15 is 0 Å². The van der Waals surface area contributed by atoms with E-state index in [2.05, 4.69) is 4.90 Å². The number of hydrogen-bond acceptors (Lipinski definition) is 4. The van der Waals surface area contributed by atoms with Crippen molar-refractivity contribution in [3.8, 4) is 11.5 Å². The average Bonchev–Trinajstić information content (AvgIpc) is 2.57. The fraction of sp³-hybridized carbons (Fsp3) is 0.462. The van der Waals surface area contributed by atoms with Gasteiger partial charge in [-0.1, -0.05) is 0 Å². The molecule has 5 nitrogen and oxygen atoms in total. The molecule has 0 atom stereocenters. The summed E-state index contributed by atoms with van der Waals surface area (Å²) >= 11 is 0. The Bertz CT molecular complexity index is 448. The molecule has 1 aliphatic rings. The Balaban J connectivity index is 2.12. The molecular weight excluding hydrogens is 232 g/mol. The molecule has 18 heavy (non-hydrogen) atoms. The largest absolute Gasteiger partial charge is 0.504 e. The van der Waals surface area contributed by atoms with Crippen LogP contribution in [0.5, 0.6) is 11.5 Å². The molecule has 5 heteroatoms. The van der Waals surface area contributed by atoms with E-state index in [0.717, 1.165) is 26.1 Å². The zero-order chi connectivity index (χ0) is 13.1. The molecular formula is C13H18N2O3. The van der Waals surface area contributed by atoms with Gasteiger partial charge in [-0.2, -0.15) is 0 Å². The lowest BCUT2D eigenvalue weighted by Gasteiger charge is -2.20. The maximum absolute atomic E-state index is 12.2. The third-order valence-electron chi connectivity index (χ3n) is 3.23. The number of aromatic hydroxyl groups is 2. The van der Waals surface area contributed by atoms with Crippen molar-refractivity contribution in [3.05, 3.63) is 23.8 Å². The summed E-state index contributed by atoms with van der Waals surface area (Å²) in [6, 6.07) is 4.19. The SMILES string of the molecule is CN1CCCN(C(=O)c2ccc(O)c(O)c2)CC1. The first-order valence-corrected chi connectivity index (χ1v) is 6.08. The summed E-state index contributed by atoms with van der Waals surface area (Å²) in [5.41, 5.74) is 0.412. The van der Waals surface area contributed by atoms with Crippen molar-refractivity contribution >= 4 is 5.91 Å². The molecule has 1 heterocycles. The fourth-order valence-corrected chi connectivity index (χ4v) is 2.09. The van der Waals surface area contributed by atoms with E-state index < -0.39 is 0 Å². The maximum atomic E-state index is 12.2. The van der Waals surface area contributed by atoms with Crippen LogP contribution >= 0.6 is 0 Å². The molecule has 1 aromatic rings. The van der Waals surface area contributed by atoms with Crippen molar-refractivity contribution in [2.45, 2.75) is 6.42 Å². The molecule has 1 aliphatic heterocycles. The van der Waals surface area contributed by atoms with Gasteiger partial charge in [0.1, 0.15) is 0 Å². The summed E-state index contributed by atoms with van der Waals surface area (Å²) < 4.78 is 0. The predicted molar refractivity (Wildman–Crippen MR) is 67.8 cm³/mol. The molecule has 2 N–H and O–H groups in total. The van der Waals surface area contributed by atoms with E-state index in [1.807, 2.05) is 7.05 Å². The van der Waals surface area contributed by atoms with Crippen molar-refractivity contribution in [2.24, 2.45) is 0 Å².